The third-order valence-corrected chi connectivity index (χ3v) is 7.10. The molecular weight excluding hydrogens is 452 g/mol. The molecule has 166 valence electrons. The second-order valence-electron chi connectivity index (χ2n) is 8.56. The molecule has 0 spiro atoms. The molecule has 0 bridgehead atoms. The van der Waals surface area contributed by atoms with E-state index < -0.39 is 6.04 Å². The van der Waals surface area contributed by atoms with Crippen LogP contribution in [0.3, 0.4) is 0 Å². The molecule has 1 unspecified atom stereocenters. The molecule has 0 radical (unpaired) electrons. The van der Waals surface area contributed by atoms with Crippen LogP contribution in [0, 0.1) is 19.8 Å². The van der Waals surface area contributed by atoms with Crippen LogP contribution in [-0.2, 0) is 4.79 Å². The van der Waals surface area contributed by atoms with Crippen molar-refractivity contribution in [3.05, 3.63) is 63.6 Å². The van der Waals surface area contributed by atoms with Gasteiger partial charge in [0.15, 0.2) is 0 Å². The standard InChI is InChI=1S/C26H33BrN2O2/c1-4-5-16-28-25(30)24(20-11-7-8-12-20)29(21-15-14-19(3)23(27)17-21)26(31)22-13-9-6-10-18(22)2/h6,9-10,13-15,17,20,24H,4-5,7-8,11-12,16H2,1-3H3,(H,28,30). The molecule has 1 atom stereocenters. The predicted octanol–water partition coefficient (Wildman–Crippen LogP) is 6.19. The van der Waals surface area contributed by atoms with Gasteiger partial charge in [0, 0.05) is 22.3 Å². The zero-order valence-electron chi connectivity index (χ0n) is 18.8. The lowest BCUT2D eigenvalue weighted by Crippen LogP contribution is -2.53. The molecule has 3 rings (SSSR count). The van der Waals surface area contributed by atoms with Gasteiger partial charge in [0.1, 0.15) is 6.04 Å². The highest BCUT2D eigenvalue weighted by molar-refractivity contribution is 9.10. The van der Waals surface area contributed by atoms with Gasteiger partial charge < -0.3 is 5.32 Å². The van der Waals surface area contributed by atoms with Crippen LogP contribution in [0.2, 0.25) is 0 Å². The highest BCUT2D eigenvalue weighted by Gasteiger charge is 2.39. The van der Waals surface area contributed by atoms with Crippen LogP contribution in [0.15, 0.2) is 46.9 Å². The third kappa shape index (κ3) is 5.57. The van der Waals surface area contributed by atoms with E-state index in [0.29, 0.717) is 12.1 Å². The molecule has 1 fully saturated rings. The lowest BCUT2D eigenvalue weighted by atomic mass is 9.93. The zero-order valence-corrected chi connectivity index (χ0v) is 20.4. The molecule has 31 heavy (non-hydrogen) atoms. The summed E-state index contributed by atoms with van der Waals surface area (Å²) in [5.74, 6) is 0.00468. The number of anilines is 1. The minimum Gasteiger partial charge on any atom is -0.354 e. The maximum atomic E-state index is 13.9. The topological polar surface area (TPSA) is 49.4 Å². The Kier molecular flexibility index (Phi) is 8.30. The fourth-order valence-electron chi connectivity index (χ4n) is 4.39. The number of hydrogen-bond donors (Lipinski definition) is 1. The summed E-state index contributed by atoms with van der Waals surface area (Å²) in [6, 6.07) is 13.0. The Bertz CT molecular complexity index is 921. The quantitative estimate of drug-likeness (QED) is 0.454. The lowest BCUT2D eigenvalue weighted by Gasteiger charge is -2.35. The van der Waals surface area contributed by atoms with Crippen molar-refractivity contribution < 1.29 is 9.59 Å². The first-order chi connectivity index (χ1) is 14.9. The molecular formula is C26H33BrN2O2. The van der Waals surface area contributed by atoms with Gasteiger partial charge in [-0.3, -0.25) is 14.5 Å². The van der Waals surface area contributed by atoms with E-state index in [1.54, 1.807) is 4.90 Å². The van der Waals surface area contributed by atoms with Gasteiger partial charge in [-0.25, -0.2) is 0 Å². The van der Waals surface area contributed by atoms with E-state index in [1.807, 2.05) is 56.3 Å². The molecule has 1 aliphatic rings. The van der Waals surface area contributed by atoms with Crippen molar-refractivity contribution in [3.8, 4) is 0 Å². The highest BCUT2D eigenvalue weighted by atomic mass is 79.9. The van der Waals surface area contributed by atoms with E-state index >= 15 is 0 Å². The monoisotopic (exact) mass is 484 g/mol. The highest BCUT2D eigenvalue weighted by Crippen LogP contribution is 2.35. The molecule has 1 N–H and O–H groups in total. The fraction of sp³-hybridized carbons (Fsp3) is 0.462. The van der Waals surface area contributed by atoms with Crippen LogP contribution < -0.4 is 10.2 Å². The average Bonchev–Trinajstić information content (AvgIpc) is 3.28. The summed E-state index contributed by atoms with van der Waals surface area (Å²) in [5.41, 5.74) is 3.41. The van der Waals surface area contributed by atoms with Gasteiger partial charge >= 0.3 is 0 Å². The number of nitrogens with one attached hydrogen (secondary N) is 1. The number of benzene rings is 2. The van der Waals surface area contributed by atoms with Gasteiger partial charge in [0.05, 0.1) is 0 Å². The van der Waals surface area contributed by atoms with Crippen LogP contribution in [0.25, 0.3) is 0 Å². The Morgan fingerprint density at radius 2 is 1.81 bits per heavy atom. The smallest absolute Gasteiger partial charge is 0.259 e. The van der Waals surface area contributed by atoms with E-state index in [2.05, 4.69) is 28.2 Å². The number of amides is 2. The van der Waals surface area contributed by atoms with Crippen molar-refractivity contribution in [2.45, 2.75) is 65.3 Å². The van der Waals surface area contributed by atoms with Gasteiger partial charge in [-0.2, -0.15) is 0 Å². The summed E-state index contributed by atoms with van der Waals surface area (Å²) in [5, 5.41) is 3.11. The minimum atomic E-state index is -0.513. The summed E-state index contributed by atoms with van der Waals surface area (Å²) >= 11 is 3.62. The number of carbonyl (C=O) groups is 2. The van der Waals surface area contributed by atoms with Crippen LogP contribution in [0.4, 0.5) is 5.69 Å². The van der Waals surface area contributed by atoms with Crippen LogP contribution >= 0.6 is 15.9 Å². The van der Waals surface area contributed by atoms with E-state index in [9.17, 15) is 9.59 Å². The minimum absolute atomic E-state index is 0.0426. The van der Waals surface area contributed by atoms with Crippen molar-refractivity contribution >= 4 is 33.4 Å². The third-order valence-electron chi connectivity index (χ3n) is 6.25. The molecule has 5 heteroatoms. The van der Waals surface area contributed by atoms with Gasteiger partial charge in [-0.05, 0) is 68.4 Å². The van der Waals surface area contributed by atoms with Crippen LogP contribution in [-0.4, -0.2) is 24.4 Å². The maximum absolute atomic E-state index is 13.9. The lowest BCUT2D eigenvalue weighted by molar-refractivity contribution is -0.123. The summed E-state index contributed by atoms with van der Waals surface area (Å²) in [6.45, 7) is 6.72. The molecule has 0 aromatic heterocycles. The van der Waals surface area contributed by atoms with Crippen molar-refractivity contribution in [1.82, 2.24) is 5.32 Å². The zero-order chi connectivity index (χ0) is 22.4. The molecule has 2 amide bonds. The molecule has 2 aromatic rings. The molecule has 1 aliphatic carbocycles. The van der Waals surface area contributed by atoms with Crippen LogP contribution in [0.5, 0.6) is 0 Å². The van der Waals surface area contributed by atoms with Crippen molar-refractivity contribution in [1.29, 1.82) is 0 Å². The largest absolute Gasteiger partial charge is 0.354 e. The first-order valence-electron chi connectivity index (χ1n) is 11.4. The second-order valence-corrected chi connectivity index (χ2v) is 9.41. The maximum Gasteiger partial charge on any atom is 0.259 e. The molecule has 0 heterocycles. The molecule has 0 aliphatic heterocycles. The van der Waals surface area contributed by atoms with E-state index in [4.69, 9.17) is 0 Å². The van der Waals surface area contributed by atoms with Gasteiger partial charge in [0.2, 0.25) is 5.91 Å². The number of unbranched alkanes of at least 4 members (excludes halogenated alkanes) is 1. The Labute approximate surface area is 194 Å². The van der Waals surface area contributed by atoms with Gasteiger partial charge in [0.25, 0.3) is 5.91 Å². The Hall–Kier alpha value is -2.14. The van der Waals surface area contributed by atoms with Gasteiger partial charge in [-0.1, -0.05) is 66.4 Å². The van der Waals surface area contributed by atoms with Crippen molar-refractivity contribution in [2.24, 2.45) is 5.92 Å². The molecule has 4 nitrogen and oxygen atoms in total. The van der Waals surface area contributed by atoms with Crippen LogP contribution in [0.1, 0.15) is 66.9 Å². The van der Waals surface area contributed by atoms with Crippen molar-refractivity contribution in [2.75, 3.05) is 11.4 Å². The number of carbonyl (C=O) groups excluding carboxylic acids is 2. The average molecular weight is 485 g/mol. The molecule has 1 saturated carbocycles. The molecule has 0 saturated heterocycles. The summed E-state index contributed by atoms with van der Waals surface area (Å²) in [6.07, 6.45) is 6.10. The number of nitrogens with zero attached hydrogens (tertiary/aromatic N) is 1. The predicted molar refractivity (Wildman–Crippen MR) is 131 cm³/mol. The summed E-state index contributed by atoms with van der Waals surface area (Å²) in [4.78, 5) is 29.2. The van der Waals surface area contributed by atoms with E-state index in [-0.39, 0.29) is 17.7 Å². The Morgan fingerprint density at radius 1 is 1.10 bits per heavy atom. The number of hydrogen-bond acceptors (Lipinski definition) is 2. The van der Waals surface area contributed by atoms with Gasteiger partial charge in [-0.15, -0.1) is 0 Å². The SMILES string of the molecule is CCCCNC(=O)C(C1CCCC1)N(C(=O)c1ccccc1C)c1ccc(C)c(Br)c1. The number of rotatable bonds is 8. The summed E-state index contributed by atoms with van der Waals surface area (Å²) < 4.78 is 0.934. The van der Waals surface area contributed by atoms with E-state index in [1.165, 1.54) is 0 Å². The van der Waals surface area contributed by atoms with E-state index in [0.717, 1.165) is 59.8 Å². The fourth-order valence-corrected chi connectivity index (χ4v) is 4.75. The number of halogens is 1. The Morgan fingerprint density at radius 3 is 2.45 bits per heavy atom. The summed E-state index contributed by atoms with van der Waals surface area (Å²) in [7, 11) is 0. The number of aryl methyl sites for hydroxylation is 2. The molecule has 2 aromatic carbocycles. The first-order valence-corrected chi connectivity index (χ1v) is 12.2. The second kappa shape index (κ2) is 10.9. The van der Waals surface area contributed by atoms with Crippen molar-refractivity contribution in [3.63, 3.8) is 0 Å². The first kappa shape index (κ1) is 23.5. The Balaban J connectivity index is 2.08. The normalized spacial score (nSPS) is 15.0.